The van der Waals surface area contributed by atoms with Crippen LogP contribution in [0, 0.1) is 0 Å². The number of hydrogen-bond acceptors (Lipinski definition) is 3. The van der Waals surface area contributed by atoms with Crippen LogP contribution in [0.5, 0.6) is 5.75 Å². The zero-order chi connectivity index (χ0) is 15.9. The van der Waals surface area contributed by atoms with Gasteiger partial charge in [0.2, 0.25) is 0 Å². The number of hydrogen-bond donors (Lipinski definition) is 1. The topological polar surface area (TPSA) is 38.3 Å². The first-order valence-corrected chi connectivity index (χ1v) is 7.31. The highest BCUT2D eigenvalue weighted by Crippen LogP contribution is 2.16. The van der Waals surface area contributed by atoms with Gasteiger partial charge in [-0.2, -0.15) is 0 Å². The number of benzene rings is 2. The summed E-state index contributed by atoms with van der Waals surface area (Å²) in [5.41, 5.74) is 2.83. The van der Waals surface area contributed by atoms with Crippen molar-refractivity contribution >= 4 is 11.5 Å². The molecule has 22 heavy (non-hydrogen) atoms. The number of ketones is 1. The van der Waals surface area contributed by atoms with Crippen LogP contribution in [0.3, 0.4) is 0 Å². The summed E-state index contributed by atoms with van der Waals surface area (Å²) < 4.78 is 5.10. The molecule has 0 aliphatic heterocycles. The number of carbonyl (C=O) groups is 1. The van der Waals surface area contributed by atoms with Crippen molar-refractivity contribution in [3.8, 4) is 5.75 Å². The van der Waals surface area contributed by atoms with E-state index >= 15 is 0 Å². The Morgan fingerprint density at radius 1 is 1.05 bits per heavy atom. The molecule has 2 rings (SSSR count). The molecule has 0 amide bonds. The minimum Gasteiger partial charge on any atom is -0.497 e. The third-order valence-electron chi connectivity index (χ3n) is 3.44. The van der Waals surface area contributed by atoms with Crippen molar-refractivity contribution in [2.45, 2.75) is 19.8 Å². The lowest BCUT2D eigenvalue weighted by molar-refractivity contribution is 0.104. The number of rotatable bonds is 6. The Kier molecular flexibility index (Phi) is 5.37. The Balaban J connectivity index is 1.95. The summed E-state index contributed by atoms with van der Waals surface area (Å²) in [5, 5.41) is 3.07. The Bertz CT molecular complexity index is 640. The van der Waals surface area contributed by atoms with Crippen molar-refractivity contribution in [1.82, 2.24) is 0 Å². The largest absolute Gasteiger partial charge is 0.497 e. The Morgan fingerprint density at radius 2 is 1.68 bits per heavy atom. The predicted molar refractivity (Wildman–Crippen MR) is 90.6 cm³/mol. The van der Waals surface area contributed by atoms with Crippen LogP contribution in [0.1, 0.15) is 35.7 Å². The summed E-state index contributed by atoms with van der Waals surface area (Å²) in [7, 11) is 1.63. The van der Waals surface area contributed by atoms with Crippen molar-refractivity contribution < 1.29 is 9.53 Å². The molecule has 0 atom stereocenters. The fourth-order valence-corrected chi connectivity index (χ4v) is 2.03. The first-order chi connectivity index (χ1) is 10.6. The fraction of sp³-hybridized carbons (Fsp3) is 0.211. The van der Waals surface area contributed by atoms with Crippen LogP contribution < -0.4 is 10.1 Å². The van der Waals surface area contributed by atoms with Crippen molar-refractivity contribution in [3.05, 3.63) is 71.9 Å². The van der Waals surface area contributed by atoms with E-state index < -0.39 is 0 Å². The second kappa shape index (κ2) is 7.46. The van der Waals surface area contributed by atoms with Gasteiger partial charge in [0.1, 0.15) is 5.75 Å². The van der Waals surface area contributed by atoms with Gasteiger partial charge in [-0.25, -0.2) is 0 Å². The molecule has 0 radical (unpaired) electrons. The lowest BCUT2D eigenvalue weighted by Crippen LogP contribution is -1.97. The summed E-state index contributed by atoms with van der Waals surface area (Å²) in [5.74, 6) is 1.25. The number of allylic oxidation sites excluding steroid dienone is 1. The number of anilines is 1. The van der Waals surface area contributed by atoms with E-state index in [-0.39, 0.29) is 5.78 Å². The number of methoxy groups -OCH3 is 1. The van der Waals surface area contributed by atoms with Crippen molar-refractivity contribution in [3.63, 3.8) is 0 Å². The van der Waals surface area contributed by atoms with Crippen LogP contribution in [0.15, 0.2) is 60.8 Å². The lowest BCUT2D eigenvalue weighted by atomic mass is 10.0. The summed E-state index contributed by atoms with van der Waals surface area (Å²) >= 11 is 0. The molecule has 3 nitrogen and oxygen atoms in total. The van der Waals surface area contributed by atoms with E-state index in [4.69, 9.17) is 4.74 Å². The van der Waals surface area contributed by atoms with E-state index in [1.54, 1.807) is 13.3 Å². The third kappa shape index (κ3) is 4.22. The van der Waals surface area contributed by atoms with Gasteiger partial charge in [-0.05, 0) is 35.7 Å². The summed E-state index contributed by atoms with van der Waals surface area (Å²) in [6.07, 6.45) is 3.19. The molecule has 2 aromatic rings. The van der Waals surface area contributed by atoms with Crippen molar-refractivity contribution in [1.29, 1.82) is 0 Å². The molecule has 0 bridgehead atoms. The monoisotopic (exact) mass is 295 g/mol. The van der Waals surface area contributed by atoms with Crippen LogP contribution in [0.2, 0.25) is 0 Å². The first kappa shape index (κ1) is 15.8. The quantitative estimate of drug-likeness (QED) is 0.624. The zero-order valence-corrected chi connectivity index (χ0v) is 13.2. The molecule has 1 N–H and O–H groups in total. The van der Waals surface area contributed by atoms with Crippen LogP contribution in [0.25, 0.3) is 0 Å². The van der Waals surface area contributed by atoms with Gasteiger partial charge >= 0.3 is 0 Å². The molecular weight excluding hydrogens is 274 g/mol. The van der Waals surface area contributed by atoms with Gasteiger partial charge in [0.15, 0.2) is 5.78 Å². The van der Waals surface area contributed by atoms with E-state index in [1.807, 2.05) is 48.5 Å². The average Bonchev–Trinajstić information content (AvgIpc) is 2.55. The van der Waals surface area contributed by atoms with Crippen LogP contribution in [0.4, 0.5) is 5.69 Å². The smallest absolute Gasteiger partial charge is 0.187 e. The molecule has 0 heterocycles. The number of nitrogens with one attached hydrogen (secondary N) is 1. The predicted octanol–water partition coefficient (Wildman–Crippen LogP) is 4.63. The Labute approximate surface area is 131 Å². The highest BCUT2D eigenvalue weighted by molar-refractivity contribution is 6.04. The summed E-state index contributed by atoms with van der Waals surface area (Å²) in [6.45, 7) is 4.27. The van der Waals surface area contributed by atoms with Gasteiger partial charge in [-0.1, -0.05) is 38.1 Å². The van der Waals surface area contributed by atoms with Gasteiger partial charge in [0.05, 0.1) is 7.11 Å². The van der Waals surface area contributed by atoms with E-state index in [9.17, 15) is 4.79 Å². The minimum atomic E-state index is -0.0173. The number of carbonyl (C=O) groups excluding carboxylic acids is 1. The molecule has 0 unspecified atom stereocenters. The molecule has 0 saturated carbocycles. The van der Waals surface area contributed by atoms with Gasteiger partial charge in [0, 0.05) is 23.5 Å². The highest BCUT2D eigenvalue weighted by atomic mass is 16.5. The molecule has 0 aromatic heterocycles. The molecular formula is C19H21NO2. The van der Waals surface area contributed by atoms with E-state index in [0.717, 1.165) is 11.4 Å². The molecule has 0 aliphatic carbocycles. The fourth-order valence-electron chi connectivity index (χ4n) is 2.03. The molecule has 114 valence electrons. The van der Waals surface area contributed by atoms with Gasteiger partial charge < -0.3 is 10.1 Å². The third-order valence-corrected chi connectivity index (χ3v) is 3.44. The minimum absolute atomic E-state index is 0.0173. The van der Waals surface area contributed by atoms with E-state index in [2.05, 4.69) is 19.2 Å². The van der Waals surface area contributed by atoms with Crippen LogP contribution in [-0.2, 0) is 0 Å². The molecule has 0 spiro atoms. The van der Waals surface area contributed by atoms with E-state index in [1.165, 1.54) is 11.6 Å². The Hall–Kier alpha value is -2.55. The zero-order valence-electron chi connectivity index (χ0n) is 13.2. The van der Waals surface area contributed by atoms with Crippen molar-refractivity contribution in [2.24, 2.45) is 0 Å². The highest BCUT2D eigenvalue weighted by Gasteiger charge is 2.03. The average molecular weight is 295 g/mol. The van der Waals surface area contributed by atoms with E-state index in [0.29, 0.717) is 11.5 Å². The van der Waals surface area contributed by atoms with Gasteiger partial charge in [0.25, 0.3) is 0 Å². The second-order valence-corrected chi connectivity index (χ2v) is 5.35. The van der Waals surface area contributed by atoms with Crippen LogP contribution >= 0.6 is 0 Å². The normalized spacial score (nSPS) is 10.9. The molecule has 0 aliphatic rings. The first-order valence-electron chi connectivity index (χ1n) is 7.31. The second-order valence-electron chi connectivity index (χ2n) is 5.35. The van der Waals surface area contributed by atoms with Gasteiger partial charge in [-0.3, -0.25) is 4.79 Å². The maximum Gasteiger partial charge on any atom is 0.187 e. The van der Waals surface area contributed by atoms with Crippen molar-refractivity contribution in [2.75, 3.05) is 12.4 Å². The van der Waals surface area contributed by atoms with Gasteiger partial charge in [-0.15, -0.1) is 0 Å². The van der Waals surface area contributed by atoms with Crippen LogP contribution in [-0.4, -0.2) is 12.9 Å². The molecule has 2 aromatic carbocycles. The summed E-state index contributed by atoms with van der Waals surface area (Å²) in [6, 6.07) is 15.3. The molecule has 0 fully saturated rings. The standard InChI is InChI=1S/C19H21NO2/c1-14(2)15-4-6-16(7-5-15)19(21)12-13-20-17-8-10-18(22-3)11-9-17/h4-14,20H,1-3H3/b13-12+. The Morgan fingerprint density at radius 3 is 2.23 bits per heavy atom. The SMILES string of the molecule is COc1ccc(N/C=C/C(=O)c2ccc(C(C)C)cc2)cc1. The number of ether oxygens (including phenoxy) is 1. The molecule has 3 heteroatoms. The summed E-state index contributed by atoms with van der Waals surface area (Å²) in [4.78, 5) is 12.1. The maximum absolute atomic E-state index is 12.1. The lowest BCUT2D eigenvalue weighted by Gasteiger charge is -2.05. The maximum atomic E-state index is 12.1. The molecule has 0 saturated heterocycles.